The number of amides is 2. The number of halogens is 1. The van der Waals surface area contributed by atoms with Gasteiger partial charge in [0.1, 0.15) is 0 Å². The Kier molecular flexibility index (Phi) is 10.9. The van der Waals surface area contributed by atoms with Crippen LogP contribution in [0.3, 0.4) is 0 Å². The third-order valence-corrected chi connectivity index (χ3v) is 11.3. The first-order chi connectivity index (χ1) is 25.2. The maximum atomic E-state index is 14.3. The summed E-state index contributed by atoms with van der Waals surface area (Å²) in [4.78, 5) is 29.8. The molecule has 0 saturated carbocycles. The van der Waals surface area contributed by atoms with Crippen LogP contribution in [0.25, 0.3) is 11.6 Å². The number of phenols is 1. The van der Waals surface area contributed by atoms with E-state index in [1.807, 2.05) is 84.9 Å². The van der Waals surface area contributed by atoms with Crippen molar-refractivity contribution in [2.75, 3.05) is 17.3 Å². The number of carbonyl (C=O) groups is 2. The lowest BCUT2D eigenvalue weighted by Crippen LogP contribution is -2.46. The first-order valence-electron chi connectivity index (χ1n) is 17.9. The van der Waals surface area contributed by atoms with Crippen LogP contribution in [-0.2, 0) is 14.2 Å². The normalized spacial score (nSPS) is 21.7. The van der Waals surface area contributed by atoms with E-state index in [9.17, 15) is 19.7 Å². The van der Waals surface area contributed by atoms with Gasteiger partial charge in [0.15, 0.2) is 11.5 Å². The highest BCUT2D eigenvalue weighted by atomic mass is 127. The van der Waals surface area contributed by atoms with E-state index in [-0.39, 0.29) is 29.8 Å². The Morgan fingerprint density at radius 2 is 1.67 bits per heavy atom. The SMILES string of the molecule is CCCC1=C2[C@@H](CC/C(=C/c3cc(I)c(O)c(OC)c3)c3ccccc3)OB(O)C[C@@H]2[C@@H]2C(=O)N(c3ccc(Nc4ccccc4)cc3)C(=O)[C@@H]2C1. The van der Waals surface area contributed by atoms with E-state index < -0.39 is 25.1 Å². The van der Waals surface area contributed by atoms with Crippen molar-refractivity contribution in [1.29, 1.82) is 0 Å². The molecule has 4 aromatic carbocycles. The maximum Gasteiger partial charge on any atom is 0.455 e. The first kappa shape index (κ1) is 36.0. The highest BCUT2D eigenvalue weighted by Gasteiger charge is 2.57. The average Bonchev–Trinajstić information content (AvgIpc) is 3.40. The number of anilines is 3. The second-order valence-corrected chi connectivity index (χ2v) is 14.9. The number of allylic oxidation sites excluding steroid dienone is 2. The van der Waals surface area contributed by atoms with E-state index in [0.717, 1.165) is 46.5 Å². The third-order valence-electron chi connectivity index (χ3n) is 10.5. The molecule has 0 bridgehead atoms. The molecule has 2 heterocycles. The molecule has 7 rings (SSSR count). The van der Waals surface area contributed by atoms with Crippen LogP contribution in [0.2, 0.25) is 6.32 Å². The van der Waals surface area contributed by atoms with Crippen LogP contribution in [-0.4, -0.2) is 42.3 Å². The van der Waals surface area contributed by atoms with E-state index in [2.05, 4.69) is 53.0 Å². The lowest BCUT2D eigenvalue weighted by atomic mass is 9.58. The van der Waals surface area contributed by atoms with Gasteiger partial charge in [0.25, 0.3) is 0 Å². The molecular formula is C42H42BIN2O6. The summed E-state index contributed by atoms with van der Waals surface area (Å²) in [5.41, 5.74) is 7.66. The zero-order valence-electron chi connectivity index (χ0n) is 29.3. The minimum atomic E-state index is -1.05. The largest absolute Gasteiger partial charge is 0.504 e. The summed E-state index contributed by atoms with van der Waals surface area (Å²) >= 11 is 2.10. The number of nitrogens with one attached hydrogen (secondary N) is 1. The van der Waals surface area contributed by atoms with Crippen molar-refractivity contribution in [3.63, 3.8) is 0 Å². The van der Waals surface area contributed by atoms with Crippen LogP contribution in [0, 0.1) is 21.3 Å². The van der Waals surface area contributed by atoms with Gasteiger partial charge in [0, 0.05) is 11.4 Å². The van der Waals surface area contributed by atoms with Gasteiger partial charge < -0.3 is 24.8 Å². The molecule has 0 spiro atoms. The van der Waals surface area contributed by atoms with Crippen LogP contribution in [0.15, 0.2) is 108 Å². The maximum absolute atomic E-state index is 14.3. The van der Waals surface area contributed by atoms with Gasteiger partial charge in [-0.1, -0.05) is 73.5 Å². The molecule has 2 saturated heterocycles. The number of nitrogens with zero attached hydrogens (tertiary/aromatic N) is 1. The zero-order valence-corrected chi connectivity index (χ0v) is 31.5. The topological polar surface area (TPSA) is 108 Å². The number of methoxy groups -OCH3 is 1. The number of benzene rings is 4. The molecule has 266 valence electrons. The molecule has 2 amide bonds. The predicted octanol–water partition coefficient (Wildman–Crippen LogP) is 8.87. The Morgan fingerprint density at radius 3 is 2.37 bits per heavy atom. The molecule has 10 heteroatoms. The molecule has 0 radical (unpaired) electrons. The van der Waals surface area contributed by atoms with Gasteiger partial charge in [-0.25, -0.2) is 0 Å². The van der Waals surface area contributed by atoms with Crippen molar-refractivity contribution in [3.8, 4) is 11.5 Å². The Morgan fingerprint density at radius 1 is 0.981 bits per heavy atom. The van der Waals surface area contributed by atoms with Gasteiger partial charge in [-0.3, -0.25) is 14.5 Å². The standard InChI is InChI=1S/C42H42BIN2O6/c1-3-10-29-24-33-39(42(49)46(41(33)48)32-18-16-31(17-19-32)45-30-13-8-5-9-14-30)34-25-43(50)52-36(38(29)34)20-15-28(27-11-6-4-7-12-27)21-26-22-35(44)40(47)37(23-26)51-2/h4-9,11-14,16-19,21-23,33-34,36,39,45,47,50H,3,10,15,20,24-25H2,1-2H3/b28-21-/t33-,34+,36-,39-/m1/s1. The number of para-hydroxylation sites is 1. The fourth-order valence-electron chi connectivity index (χ4n) is 8.21. The van der Waals surface area contributed by atoms with Gasteiger partial charge in [0.2, 0.25) is 11.8 Å². The fourth-order valence-corrected chi connectivity index (χ4v) is 8.84. The highest BCUT2D eigenvalue weighted by Crippen LogP contribution is 2.52. The summed E-state index contributed by atoms with van der Waals surface area (Å²) in [6.45, 7) is 2.13. The average molecular weight is 809 g/mol. The number of phenolic OH excluding ortho intramolecular Hbond substituents is 1. The Hall–Kier alpha value is -4.39. The van der Waals surface area contributed by atoms with Crippen molar-refractivity contribution < 1.29 is 29.1 Å². The molecule has 4 atom stereocenters. The molecule has 52 heavy (non-hydrogen) atoms. The van der Waals surface area contributed by atoms with E-state index in [1.165, 1.54) is 17.6 Å². The molecule has 2 fully saturated rings. The lowest BCUT2D eigenvalue weighted by molar-refractivity contribution is -0.122. The fraction of sp³-hybridized carbons (Fsp3) is 0.286. The highest BCUT2D eigenvalue weighted by molar-refractivity contribution is 14.1. The summed E-state index contributed by atoms with van der Waals surface area (Å²) in [6, 6.07) is 31.1. The number of carbonyl (C=O) groups excluding carboxylic acids is 2. The summed E-state index contributed by atoms with van der Waals surface area (Å²) in [5, 5.41) is 25.0. The molecule has 0 unspecified atom stereocenters. The van der Waals surface area contributed by atoms with Gasteiger partial charge in [-0.2, -0.15) is 0 Å². The quantitative estimate of drug-likeness (QED) is 0.0457. The molecule has 4 aromatic rings. The number of rotatable bonds is 11. The van der Waals surface area contributed by atoms with E-state index in [0.29, 0.717) is 34.3 Å². The summed E-state index contributed by atoms with van der Waals surface area (Å²) in [6.07, 6.45) is 5.41. The lowest BCUT2D eigenvalue weighted by Gasteiger charge is -2.43. The minimum Gasteiger partial charge on any atom is -0.504 e. The molecule has 8 nitrogen and oxygen atoms in total. The number of aromatic hydroxyl groups is 1. The Labute approximate surface area is 318 Å². The molecular weight excluding hydrogens is 766 g/mol. The first-order valence-corrected chi connectivity index (χ1v) is 19.0. The van der Waals surface area contributed by atoms with E-state index in [4.69, 9.17) is 9.39 Å². The summed E-state index contributed by atoms with van der Waals surface area (Å²) in [5.74, 6) is -1.17. The second kappa shape index (κ2) is 15.7. The second-order valence-electron chi connectivity index (χ2n) is 13.7. The van der Waals surface area contributed by atoms with Gasteiger partial charge in [0.05, 0.1) is 34.3 Å². The molecule has 3 N–H and O–H groups in total. The molecule has 0 aromatic heterocycles. The third kappa shape index (κ3) is 7.29. The van der Waals surface area contributed by atoms with Crippen molar-refractivity contribution >= 4 is 70.2 Å². The van der Waals surface area contributed by atoms with Gasteiger partial charge in [-0.15, -0.1) is 0 Å². The van der Waals surface area contributed by atoms with Crippen LogP contribution in [0.4, 0.5) is 17.1 Å². The zero-order chi connectivity index (χ0) is 36.4. The van der Waals surface area contributed by atoms with Gasteiger partial charge in [-0.05, 0) is 131 Å². The summed E-state index contributed by atoms with van der Waals surface area (Å²) < 4.78 is 12.4. The minimum absolute atomic E-state index is 0.110. The van der Waals surface area contributed by atoms with Crippen LogP contribution in [0.1, 0.15) is 50.2 Å². The molecule has 3 aliphatic rings. The molecule has 1 aliphatic carbocycles. The Bertz CT molecular complexity index is 2000. The van der Waals surface area contributed by atoms with Crippen LogP contribution >= 0.6 is 22.6 Å². The monoisotopic (exact) mass is 808 g/mol. The molecule has 2 aliphatic heterocycles. The number of imide groups is 1. The Balaban J connectivity index is 1.17. The van der Waals surface area contributed by atoms with Crippen molar-refractivity contribution in [2.45, 2.75) is 51.5 Å². The van der Waals surface area contributed by atoms with Gasteiger partial charge >= 0.3 is 7.12 Å². The number of hydrogen-bond donors (Lipinski definition) is 3. The number of fused-ring (bicyclic) bond motifs is 3. The van der Waals surface area contributed by atoms with E-state index >= 15 is 0 Å². The van der Waals surface area contributed by atoms with Crippen molar-refractivity contribution in [1.82, 2.24) is 0 Å². The van der Waals surface area contributed by atoms with Crippen LogP contribution in [0.5, 0.6) is 11.5 Å². The van der Waals surface area contributed by atoms with Crippen molar-refractivity contribution in [2.24, 2.45) is 17.8 Å². The van der Waals surface area contributed by atoms with Crippen LogP contribution < -0.4 is 15.0 Å². The predicted molar refractivity (Wildman–Crippen MR) is 214 cm³/mol. The summed E-state index contributed by atoms with van der Waals surface area (Å²) in [7, 11) is 0.491. The smallest absolute Gasteiger partial charge is 0.455 e. The number of ether oxygens (including phenoxy) is 1. The van der Waals surface area contributed by atoms with Crippen molar-refractivity contribution in [3.05, 3.63) is 123 Å². The number of hydrogen-bond acceptors (Lipinski definition) is 7. The van der Waals surface area contributed by atoms with E-state index in [1.54, 1.807) is 0 Å².